The van der Waals surface area contributed by atoms with Crippen molar-refractivity contribution in [1.82, 2.24) is 10.2 Å². The molecule has 1 aromatic rings. The quantitative estimate of drug-likeness (QED) is 0.841. The van der Waals surface area contributed by atoms with Gasteiger partial charge in [-0.2, -0.15) is 0 Å². The maximum absolute atomic E-state index is 12.7. The smallest absolute Gasteiger partial charge is 0.223 e. The summed E-state index contributed by atoms with van der Waals surface area (Å²) in [6.45, 7) is 5.30. The average Bonchev–Trinajstić information content (AvgIpc) is 2.31. The topological polar surface area (TPSA) is 32.3 Å². The number of nitrogens with zero attached hydrogens (tertiary/aromatic N) is 1. The molecule has 100 valence electrons. The predicted octanol–water partition coefficient (Wildman–Crippen LogP) is 2.17. The summed E-state index contributed by atoms with van der Waals surface area (Å²) in [6, 6.07) is 6.61. The van der Waals surface area contributed by atoms with Gasteiger partial charge in [-0.15, -0.1) is 0 Å². The van der Waals surface area contributed by atoms with Gasteiger partial charge >= 0.3 is 0 Å². The van der Waals surface area contributed by atoms with Gasteiger partial charge in [0.05, 0.1) is 0 Å². The molecule has 0 heterocycles. The number of halogens is 1. The van der Waals surface area contributed by atoms with Gasteiger partial charge in [-0.3, -0.25) is 4.79 Å². The predicted molar refractivity (Wildman–Crippen MR) is 70.6 cm³/mol. The van der Waals surface area contributed by atoms with Gasteiger partial charge in [-0.1, -0.05) is 26.0 Å². The van der Waals surface area contributed by atoms with E-state index in [2.05, 4.69) is 5.32 Å². The Bertz CT molecular complexity index is 376. The number of carbonyl (C=O) groups is 1. The molecule has 0 unspecified atom stereocenters. The van der Waals surface area contributed by atoms with Gasteiger partial charge in [0.25, 0.3) is 0 Å². The molecule has 1 rings (SSSR count). The summed E-state index contributed by atoms with van der Waals surface area (Å²) in [5, 5.41) is 3.21. The molecule has 0 saturated carbocycles. The molecule has 18 heavy (non-hydrogen) atoms. The van der Waals surface area contributed by atoms with Gasteiger partial charge in [-0.05, 0) is 17.7 Å². The van der Waals surface area contributed by atoms with E-state index in [1.165, 1.54) is 12.1 Å². The lowest BCUT2D eigenvalue weighted by Gasteiger charge is -2.18. The van der Waals surface area contributed by atoms with Gasteiger partial charge in [0.1, 0.15) is 5.82 Å². The van der Waals surface area contributed by atoms with E-state index in [-0.39, 0.29) is 11.7 Å². The third-order valence-corrected chi connectivity index (χ3v) is 2.65. The van der Waals surface area contributed by atoms with E-state index in [0.717, 1.165) is 5.56 Å². The number of amides is 1. The number of carbonyl (C=O) groups excluding carboxylic acids is 1. The van der Waals surface area contributed by atoms with Gasteiger partial charge in [-0.25, -0.2) is 4.39 Å². The minimum atomic E-state index is -0.256. The lowest BCUT2D eigenvalue weighted by atomic mass is 10.2. The Balaban J connectivity index is 2.37. The van der Waals surface area contributed by atoms with Crippen LogP contribution in [0.5, 0.6) is 0 Å². The molecular weight excluding hydrogens is 231 g/mol. The zero-order valence-electron chi connectivity index (χ0n) is 11.2. The Hall–Kier alpha value is -1.42. The van der Waals surface area contributed by atoms with E-state index in [1.807, 2.05) is 13.8 Å². The van der Waals surface area contributed by atoms with Crippen LogP contribution in [0.25, 0.3) is 0 Å². The Kier molecular flexibility index (Phi) is 5.78. The molecule has 0 fully saturated rings. The molecular formula is C14H21FN2O. The summed E-state index contributed by atoms with van der Waals surface area (Å²) in [5.41, 5.74) is 0.934. The highest BCUT2D eigenvalue weighted by atomic mass is 19.1. The monoisotopic (exact) mass is 252 g/mol. The highest BCUT2D eigenvalue weighted by molar-refractivity contribution is 5.76. The first-order chi connectivity index (χ1) is 8.49. The first-order valence-electron chi connectivity index (χ1n) is 6.21. The number of hydrogen-bond acceptors (Lipinski definition) is 2. The molecule has 1 aromatic carbocycles. The van der Waals surface area contributed by atoms with Crippen LogP contribution in [0.2, 0.25) is 0 Å². The first kappa shape index (κ1) is 14.6. The van der Waals surface area contributed by atoms with Crippen molar-refractivity contribution in [3.8, 4) is 0 Å². The molecule has 0 aliphatic carbocycles. The largest absolute Gasteiger partial charge is 0.341 e. The lowest BCUT2D eigenvalue weighted by Crippen LogP contribution is -2.31. The summed E-state index contributed by atoms with van der Waals surface area (Å²) in [5.74, 6) is -0.165. The van der Waals surface area contributed by atoms with Crippen molar-refractivity contribution in [2.45, 2.75) is 32.9 Å². The van der Waals surface area contributed by atoms with Crippen LogP contribution in [0.1, 0.15) is 25.8 Å². The van der Waals surface area contributed by atoms with Crippen molar-refractivity contribution in [2.75, 3.05) is 13.6 Å². The van der Waals surface area contributed by atoms with Crippen molar-refractivity contribution >= 4 is 5.91 Å². The fraction of sp³-hybridized carbons (Fsp3) is 0.500. The molecule has 1 N–H and O–H groups in total. The van der Waals surface area contributed by atoms with Crippen LogP contribution in [0, 0.1) is 5.82 Å². The van der Waals surface area contributed by atoms with E-state index in [4.69, 9.17) is 0 Å². The molecule has 0 radical (unpaired) electrons. The second-order valence-electron chi connectivity index (χ2n) is 4.74. The minimum Gasteiger partial charge on any atom is -0.341 e. The Labute approximate surface area is 108 Å². The number of benzene rings is 1. The van der Waals surface area contributed by atoms with Crippen LogP contribution in [0.3, 0.4) is 0 Å². The highest BCUT2D eigenvalue weighted by Gasteiger charge is 2.09. The SMILES string of the molecule is CC(C)NCCC(=O)N(C)Cc1ccc(F)cc1. The van der Waals surface area contributed by atoms with E-state index in [9.17, 15) is 9.18 Å². The summed E-state index contributed by atoms with van der Waals surface area (Å²) >= 11 is 0. The molecule has 0 aromatic heterocycles. The average molecular weight is 252 g/mol. The van der Waals surface area contributed by atoms with Crippen LogP contribution in [-0.4, -0.2) is 30.4 Å². The van der Waals surface area contributed by atoms with Crippen LogP contribution >= 0.6 is 0 Å². The Morgan fingerprint density at radius 1 is 1.33 bits per heavy atom. The third-order valence-electron chi connectivity index (χ3n) is 2.65. The normalized spacial score (nSPS) is 10.7. The highest BCUT2D eigenvalue weighted by Crippen LogP contribution is 2.06. The molecule has 0 aliphatic rings. The van der Waals surface area contributed by atoms with Gasteiger partial charge in [0.15, 0.2) is 0 Å². The molecule has 0 spiro atoms. The maximum atomic E-state index is 12.7. The van der Waals surface area contributed by atoms with E-state index >= 15 is 0 Å². The zero-order chi connectivity index (χ0) is 13.5. The van der Waals surface area contributed by atoms with E-state index in [1.54, 1.807) is 24.1 Å². The zero-order valence-corrected chi connectivity index (χ0v) is 11.2. The molecule has 1 amide bonds. The Morgan fingerprint density at radius 2 is 1.94 bits per heavy atom. The van der Waals surface area contributed by atoms with Crippen molar-refractivity contribution in [3.05, 3.63) is 35.6 Å². The standard InChI is InChI=1S/C14H21FN2O/c1-11(2)16-9-8-14(18)17(3)10-12-4-6-13(15)7-5-12/h4-7,11,16H,8-10H2,1-3H3. The molecule has 3 nitrogen and oxygen atoms in total. The molecule has 0 bridgehead atoms. The first-order valence-corrected chi connectivity index (χ1v) is 6.21. The third kappa shape index (κ3) is 5.27. The Morgan fingerprint density at radius 3 is 2.50 bits per heavy atom. The number of rotatable bonds is 6. The van der Waals surface area contributed by atoms with Crippen molar-refractivity contribution in [1.29, 1.82) is 0 Å². The van der Waals surface area contributed by atoms with Gasteiger partial charge < -0.3 is 10.2 Å². The van der Waals surface area contributed by atoms with Crippen molar-refractivity contribution in [3.63, 3.8) is 0 Å². The summed E-state index contributed by atoms with van der Waals surface area (Å²) in [4.78, 5) is 13.5. The molecule has 4 heteroatoms. The van der Waals surface area contributed by atoms with Crippen molar-refractivity contribution in [2.24, 2.45) is 0 Å². The fourth-order valence-corrected chi connectivity index (χ4v) is 1.61. The van der Waals surface area contributed by atoms with Crippen LogP contribution in [0.4, 0.5) is 4.39 Å². The second kappa shape index (κ2) is 7.11. The summed E-state index contributed by atoms with van der Waals surface area (Å²) < 4.78 is 12.7. The van der Waals surface area contributed by atoms with Crippen LogP contribution in [0.15, 0.2) is 24.3 Å². The van der Waals surface area contributed by atoms with E-state index < -0.39 is 0 Å². The lowest BCUT2D eigenvalue weighted by molar-refractivity contribution is -0.130. The van der Waals surface area contributed by atoms with Gasteiger partial charge in [0, 0.05) is 32.6 Å². The molecule has 0 aliphatic heterocycles. The van der Waals surface area contributed by atoms with Crippen molar-refractivity contribution < 1.29 is 9.18 Å². The fourth-order valence-electron chi connectivity index (χ4n) is 1.61. The van der Waals surface area contributed by atoms with Crippen LogP contribution < -0.4 is 5.32 Å². The number of nitrogens with one attached hydrogen (secondary N) is 1. The second-order valence-corrected chi connectivity index (χ2v) is 4.74. The van der Waals surface area contributed by atoms with E-state index in [0.29, 0.717) is 25.6 Å². The van der Waals surface area contributed by atoms with Crippen LogP contribution in [-0.2, 0) is 11.3 Å². The maximum Gasteiger partial charge on any atom is 0.223 e. The molecule has 0 atom stereocenters. The van der Waals surface area contributed by atoms with Gasteiger partial charge in [0.2, 0.25) is 5.91 Å². The number of hydrogen-bond donors (Lipinski definition) is 1. The molecule has 0 saturated heterocycles. The summed E-state index contributed by atoms with van der Waals surface area (Å²) in [6.07, 6.45) is 0.482. The summed E-state index contributed by atoms with van der Waals surface area (Å²) in [7, 11) is 1.76. The minimum absolute atomic E-state index is 0.0903.